The van der Waals surface area contributed by atoms with Crippen molar-refractivity contribution in [1.82, 2.24) is 4.98 Å². The summed E-state index contributed by atoms with van der Waals surface area (Å²) in [5.41, 5.74) is 1.52. The minimum absolute atomic E-state index is 0.115. The molecule has 0 aliphatic rings. The summed E-state index contributed by atoms with van der Waals surface area (Å²) in [6.07, 6.45) is -7.98. The smallest absolute Gasteiger partial charge is 0.490 e. The van der Waals surface area contributed by atoms with Crippen molar-refractivity contribution in [3.8, 4) is 5.75 Å². The van der Waals surface area contributed by atoms with Crippen molar-refractivity contribution in [2.75, 3.05) is 5.32 Å². The fourth-order valence-corrected chi connectivity index (χ4v) is 2.27. The van der Waals surface area contributed by atoms with Crippen LogP contribution in [0.4, 0.5) is 37.7 Å². The monoisotopic (exact) mass is 432 g/mol. The summed E-state index contributed by atoms with van der Waals surface area (Å²) < 4.78 is 70.4. The van der Waals surface area contributed by atoms with Crippen LogP contribution >= 0.6 is 0 Å². The van der Waals surface area contributed by atoms with E-state index in [2.05, 4.69) is 10.3 Å². The van der Waals surface area contributed by atoms with Crippen molar-refractivity contribution < 1.29 is 41.4 Å². The van der Waals surface area contributed by atoms with Gasteiger partial charge in [0, 0.05) is 29.0 Å². The number of benzene rings is 2. The van der Waals surface area contributed by atoms with E-state index in [9.17, 15) is 31.4 Å². The van der Waals surface area contributed by atoms with E-state index in [1.165, 1.54) is 18.3 Å². The molecule has 0 unspecified atom stereocenters. The predicted octanol–water partition coefficient (Wildman–Crippen LogP) is 5.64. The van der Waals surface area contributed by atoms with Crippen LogP contribution in [0.1, 0.15) is 11.1 Å². The van der Waals surface area contributed by atoms with E-state index in [-0.39, 0.29) is 5.75 Å². The first-order valence-corrected chi connectivity index (χ1v) is 8.12. The summed E-state index contributed by atoms with van der Waals surface area (Å²) in [6, 6.07) is 10.0. The Labute approximate surface area is 165 Å². The fourth-order valence-electron chi connectivity index (χ4n) is 2.27. The molecule has 2 aromatic carbocycles. The maximum absolute atomic E-state index is 12.9. The SMILES string of the molecule is Cc1ccc(Nc2ccnc3ccc(C(F)(F)F)cc23)cc1O.O=C(O)C(F)(F)F. The molecule has 3 N–H and O–H groups in total. The van der Waals surface area contributed by atoms with E-state index < -0.39 is 23.9 Å². The molecule has 1 aromatic heterocycles. The Kier molecular flexibility index (Phi) is 6.44. The van der Waals surface area contributed by atoms with Crippen LogP contribution in [0.25, 0.3) is 10.9 Å². The number of phenolic OH excluding ortho intramolecular Hbond substituents is 1. The van der Waals surface area contributed by atoms with Crippen LogP contribution in [0.5, 0.6) is 5.75 Å². The number of hydrogen-bond donors (Lipinski definition) is 3. The van der Waals surface area contributed by atoms with Gasteiger partial charge < -0.3 is 15.5 Å². The third-order valence-electron chi connectivity index (χ3n) is 3.80. The van der Waals surface area contributed by atoms with Crippen molar-refractivity contribution >= 4 is 28.2 Å². The van der Waals surface area contributed by atoms with Gasteiger partial charge in [-0.15, -0.1) is 0 Å². The van der Waals surface area contributed by atoms with E-state index >= 15 is 0 Å². The van der Waals surface area contributed by atoms with E-state index in [0.717, 1.165) is 17.7 Å². The van der Waals surface area contributed by atoms with Gasteiger partial charge in [-0.2, -0.15) is 26.3 Å². The molecule has 5 nitrogen and oxygen atoms in total. The number of aromatic hydroxyl groups is 1. The summed E-state index contributed by atoms with van der Waals surface area (Å²) >= 11 is 0. The molecule has 1 heterocycles. The number of nitrogens with one attached hydrogen (secondary N) is 1. The highest BCUT2D eigenvalue weighted by atomic mass is 19.4. The van der Waals surface area contributed by atoms with E-state index in [1.807, 2.05) is 0 Å². The van der Waals surface area contributed by atoms with Crippen molar-refractivity contribution in [2.24, 2.45) is 0 Å². The number of carboxylic acid groups (broad SMARTS) is 1. The molecular formula is C19H14F6N2O3. The van der Waals surface area contributed by atoms with Crippen LogP contribution in [-0.2, 0) is 11.0 Å². The third-order valence-corrected chi connectivity index (χ3v) is 3.80. The lowest BCUT2D eigenvalue weighted by Gasteiger charge is -2.12. The first kappa shape index (κ1) is 22.8. The van der Waals surface area contributed by atoms with Crippen LogP contribution in [0.3, 0.4) is 0 Å². The number of aromatic nitrogens is 1. The molecule has 3 rings (SSSR count). The Morgan fingerprint density at radius 3 is 2.17 bits per heavy atom. The second-order valence-electron chi connectivity index (χ2n) is 6.02. The molecule has 0 spiro atoms. The molecular weight excluding hydrogens is 418 g/mol. The molecule has 0 saturated carbocycles. The fraction of sp³-hybridized carbons (Fsp3) is 0.158. The highest BCUT2D eigenvalue weighted by molar-refractivity contribution is 5.93. The van der Waals surface area contributed by atoms with Gasteiger partial charge in [-0.3, -0.25) is 4.98 Å². The molecule has 0 aliphatic carbocycles. The molecule has 3 aromatic rings. The Bertz CT molecular complexity index is 1060. The first-order chi connectivity index (χ1) is 13.8. The molecule has 160 valence electrons. The number of phenols is 1. The molecule has 0 bridgehead atoms. The van der Waals surface area contributed by atoms with E-state index in [0.29, 0.717) is 22.3 Å². The minimum Gasteiger partial charge on any atom is -0.508 e. The van der Waals surface area contributed by atoms with Gasteiger partial charge in [-0.05, 0) is 42.8 Å². The van der Waals surface area contributed by atoms with Gasteiger partial charge in [0.25, 0.3) is 0 Å². The number of halogens is 6. The topological polar surface area (TPSA) is 82.5 Å². The van der Waals surface area contributed by atoms with Crippen LogP contribution in [0.2, 0.25) is 0 Å². The van der Waals surface area contributed by atoms with Gasteiger partial charge in [0.1, 0.15) is 5.75 Å². The normalized spacial score (nSPS) is 11.6. The predicted molar refractivity (Wildman–Crippen MR) is 96.6 cm³/mol. The number of aryl methyl sites for hydroxylation is 1. The lowest BCUT2D eigenvalue weighted by molar-refractivity contribution is -0.192. The Balaban J connectivity index is 0.000000396. The number of hydrogen-bond acceptors (Lipinski definition) is 4. The van der Waals surface area contributed by atoms with E-state index in [4.69, 9.17) is 9.90 Å². The maximum atomic E-state index is 12.9. The number of nitrogens with zero attached hydrogens (tertiary/aromatic N) is 1. The zero-order valence-corrected chi connectivity index (χ0v) is 15.1. The summed E-state index contributed by atoms with van der Waals surface area (Å²) in [6.45, 7) is 1.76. The maximum Gasteiger partial charge on any atom is 0.490 e. The molecule has 0 fully saturated rings. The van der Waals surface area contributed by atoms with Crippen molar-refractivity contribution in [1.29, 1.82) is 0 Å². The molecule has 0 atom stereocenters. The number of anilines is 2. The zero-order chi connectivity index (χ0) is 22.7. The number of aliphatic carboxylic acids is 1. The minimum atomic E-state index is -5.08. The lowest BCUT2D eigenvalue weighted by atomic mass is 10.1. The zero-order valence-electron chi connectivity index (χ0n) is 15.1. The van der Waals surface area contributed by atoms with Gasteiger partial charge in [0.2, 0.25) is 0 Å². The Morgan fingerprint density at radius 1 is 1.00 bits per heavy atom. The van der Waals surface area contributed by atoms with Gasteiger partial charge in [-0.25, -0.2) is 4.79 Å². The number of pyridine rings is 1. The number of alkyl halides is 6. The summed E-state index contributed by atoms with van der Waals surface area (Å²) in [4.78, 5) is 13.0. The van der Waals surface area contributed by atoms with Gasteiger partial charge >= 0.3 is 18.3 Å². The van der Waals surface area contributed by atoms with Crippen LogP contribution < -0.4 is 5.32 Å². The number of fused-ring (bicyclic) bond motifs is 1. The first-order valence-electron chi connectivity index (χ1n) is 8.12. The highest BCUT2D eigenvalue weighted by Gasteiger charge is 2.38. The van der Waals surface area contributed by atoms with Crippen molar-refractivity contribution in [3.63, 3.8) is 0 Å². The standard InChI is InChI=1S/C17H13F3N2O.C2HF3O2/c1-10-2-4-12(9-16(10)23)22-15-6-7-21-14-5-3-11(8-13(14)15)17(18,19)20;3-2(4,5)1(6)7/h2-9,23H,1H3,(H,21,22);(H,6,7). The van der Waals surface area contributed by atoms with Gasteiger partial charge in [-0.1, -0.05) is 6.07 Å². The molecule has 11 heteroatoms. The van der Waals surface area contributed by atoms with Gasteiger partial charge in [0.05, 0.1) is 11.1 Å². The number of rotatable bonds is 2. The van der Waals surface area contributed by atoms with Crippen molar-refractivity contribution in [3.05, 3.63) is 59.8 Å². The number of carboxylic acids is 1. The summed E-state index contributed by atoms with van der Waals surface area (Å²) in [5.74, 6) is -2.64. The Morgan fingerprint density at radius 2 is 1.63 bits per heavy atom. The van der Waals surface area contributed by atoms with Gasteiger partial charge in [0.15, 0.2) is 0 Å². The highest BCUT2D eigenvalue weighted by Crippen LogP contribution is 2.34. The number of carbonyl (C=O) groups is 1. The Hall–Kier alpha value is -3.50. The average Bonchev–Trinajstić information content (AvgIpc) is 2.63. The van der Waals surface area contributed by atoms with Crippen LogP contribution in [0.15, 0.2) is 48.7 Å². The summed E-state index contributed by atoms with van der Waals surface area (Å²) in [5, 5.41) is 20.3. The van der Waals surface area contributed by atoms with Crippen LogP contribution in [0, 0.1) is 6.92 Å². The van der Waals surface area contributed by atoms with Crippen LogP contribution in [-0.4, -0.2) is 27.3 Å². The average molecular weight is 432 g/mol. The molecule has 0 saturated heterocycles. The molecule has 0 radical (unpaired) electrons. The molecule has 0 amide bonds. The lowest BCUT2D eigenvalue weighted by Crippen LogP contribution is -2.21. The second-order valence-corrected chi connectivity index (χ2v) is 6.02. The quantitative estimate of drug-likeness (QED) is 0.457. The van der Waals surface area contributed by atoms with Crippen molar-refractivity contribution in [2.45, 2.75) is 19.3 Å². The van der Waals surface area contributed by atoms with E-state index in [1.54, 1.807) is 25.1 Å². The second kappa shape index (κ2) is 8.47. The third kappa shape index (κ3) is 5.75. The largest absolute Gasteiger partial charge is 0.508 e. The summed E-state index contributed by atoms with van der Waals surface area (Å²) in [7, 11) is 0. The molecule has 30 heavy (non-hydrogen) atoms. The molecule has 0 aliphatic heterocycles.